The fourth-order valence-electron chi connectivity index (χ4n) is 4.36. The van der Waals surface area contributed by atoms with E-state index >= 15 is 0 Å². The Balaban J connectivity index is 3.45. The Hall–Kier alpha value is -1.32. The van der Waals surface area contributed by atoms with E-state index in [0.29, 0.717) is 13.0 Å². The van der Waals surface area contributed by atoms with Gasteiger partial charge < -0.3 is 9.84 Å². The van der Waals surface area contributed by atoms with Gasteiger partial charge in [-0.15, -0.1) is 0 Å². The van der Waals surface area contributed by atoms with Crippen molar-refractivity contribution < 1.29 is 19.4 Å². The maximum Gasteiger partial charge on any atom is 0.309 e. The van der Waals surface area contributed by atoms with Crippen molar-refractivity contribution in [3.8, 4) is 0 Å². The molecule has 0 amide bonds. The molecule has 0 saturated carbocycles. The Morgan fingerprint density at radius 3 is 1.53 bits per heavy atom. The molecule has 0 aliphatic heterocycles. The van der Waals surface area contributed by atoms with E-state index in [1.807, 2.05) is 6.92 Å². The van der Waals surface area contributed by atoms with Gasteiger partial charge in [0.1, 0.15) is 0 Å². The van der Waals surface area contributed by atoms with Crippen LogP contribution >= 0.6 is 0 Å². The number of unbranched alkanes of at least 4 members (excludes halogenated alkanes) is 17. The number of carboxylic acid groups (broad SMARTS) is 1. The summed E-state index contributed by atoms with van der Waals surface area (Å²) in [4.78, 5) is 23.0. The zero-order valence-electron chi connectivity index (χ0n) is 22.7. The zero-order chi connectivity index (χ0) is 25.1. The fraction of sp³-hybridized carbons (Fsp3) is 0.867. The fourth-order valence-corrected chi connectivity index (χ4v) is 4.36. The maximum absolute atomic E-state index is 12.0. The van der Waals surface area contributed by atoms with E-state index in [4.69, 9.17) is 9.84 Å². The number of allylic oxidation sites excluding steroid dienone is 2. The van der Waals surface area contributed by atoms with Crippen LogP contribution in [0.2, 0.25) is 0 Å². The molecule has 0 bridgehead atoms. The van der Waals surface area contributed by atoms with Crippen LogP contribution in [-0.2, 0) is 14.3 Å². The zero-order valence-corrected chi connectivity index (χ0v) is 22.7. The van der Waals surface area contributed by atoms with Gasteiger partial charge in [0.15, 0.2) is 0 Å². The number of aliphatic carboxylic acids is 1. The number of ether oxygens (including phenoxy) is 1. The van der Waals surface area contributed by atoms with E-state index in [2.05, 4.69) is 19.1 Å². The SMILES string of the molecule is CCCCCCCCCCCC/C=C/CCCCCCCCCC(CC(=O)O)C(=O)OCCC. The van der Waals surface area contributed by atoms with Crippen molar-refractivity contribution in [1.82, 2.24) is 0 Å². The van der Waals surface area contributed by atoms with Crippen LogP contribution in [0.3, 0.4) is 0 Å². The highest BCUT2D eigenvalue weighted by molar-refractivity contribution is 5.79. The summed E-state index contributed by atoms with van der Waals surface area (Å²) in [6.45, 7) is 4.60. The minimum absolute atomic E-state index is 0.116. The summed E-state index contributed by atoms with van der Waals surface area (Å²) < 4.78 is 5.14. The second kappa shape index (κ2) is 26.3. The highest BCUT2D eigenvalue weighted by Gasteiger charge is 2.22. The quantitative estimate of drug-likeness (QED) is 0.0760. The molecular weight excluding hydrogens is 424 g/mol. The van der Waals surface area contributed by atoms with E-state index < -0.39 is 11.9 Å². The maximum atomic E-state index is 12.0. The normalized spacial score (nSPS) is 12.3. The molecule has 0 aromatic heterocycles. The van der Waals surface area contributed by atoms with E-state index in [0.717, 1.165) is 19.3 Å². The molecule has 4 nitrogen and oxygen atoms in total. The predicted octanol–water partition coefficient (Wildman–Crippen LogP) is 9.41. The number of carbonyl (C=O) groups excluding carboxylic acids is 1. The first-order chi connectivity index (χ1) is 16.6. The Bertz CT molecular complexity index is 486. The van der Waals surface area contributed by atoms with Gasteiger partial charge in [-0.25, -0.2) is 0 Å². The minimum Gasteiger partial charge on any atom is -0.481 e. The first kappa shape index (κ1) is 32.7. The number of esters is 1. The molecule has 1 unspecified atom stereocenters. The number of carbonyl (C=O) groups is 2. The summed E-state index contributed by atoms with van der Waals surface area (Å²) in [5, 5.41) is 9.02. The molecule has 4 heteroatoms. The second-order valence-corrected chi connectivity index (χ2v) is 9.96. The van der Waals surface area contributed by atoms with E-state index in [9.17, 15) is 9.59 Å². The molecule has 0 radical (unpaired) electrons. The summed E-state index contributed by atoms with van der Waals surface area (Å²) in [5.74, 6) is -1.75. The van der Waals surface area contributed by atoms with Gasteiger partial charge in [0, 0.05) is 0 Å². The molecule has 0 heterocycles. The summed E-state index contributed by atoms with van der Waals surface area (Å²) in [6.07, 6.45) is 30.7. The summed E-state index contributed by atoms with van der Waals surface area (Å²) in [6, 6.07) is 0. The number of carboxylic acids is 1. The van der Waals surface area contributed by atoms with E-state index in [1.165, 1.54) is 109 Å². The smallest absolute Gasteiger partial charge is 0.309 e. The molecule has 0 aliphatic carbocycles. The molecule has 200 valence electrons. The monoisotopic (exact) mass is 480 g/mol. The van der Waals surface area contributed by atoms with Crippen molar-refractivity contribution in [1.29, 1.82) is 0 Å². The van der Waals surface area contributed by atoms with Gasteiger partial charge >= 0.3 is 11.9 Å². The van der Waals surface area contributed by atoms with Crippen LogP contribution in [-0.4, -0.2) is 23.7 Å². The van der Waals surface area contributed by atoms with Crippen LogP contribution in [0.4, 0.5) is 0 Å². The van der Waals surface area contributed by atoms with Crippen LogP contribution in [0, 0.1) is 5.92 Å². The standard InChI is InChI=1S/C30H56O4/c1-3-5-6-7-8-9-10-11-12-13-14-15-16-17-18-19-20-21-22-23-24-25-28(27-29(31)32)30(33)34-26-4-2/h15-16,28H,3-14,17-27H2,1-2H3,(H,31,32)/b16-15+. The molecule has 0 saturated heterocycles. The third kappa shape index (κ3) is 23.8. The lowest BCUT2D eigenvalue weighted by molar-refractivity contribution is -0.153. The summed E-state index contributed by atoms with van der Waals surface area (Å²) in [5.41, 5.74) is 0. The molecule has 0 spiro atoms. The molecule has 1 N–H and O–H groups in total. The highest BCUT2D eigenvalue weighted by Crippen LogP contribution is 2.18. The van der Waals surface area contributed by atoms with Crippen molar-refractivity contribution in [2.75, 3.05) is 6.61 Å². The van der Waals surface area contributed by atoms with Crippen LogP contribution in [0.1, 0.15) is 155 Å². The number of hydrogen-bond donors (Lipinski definition) is 1. The highest BCUT2D eigenvalue weighted by atomic mass is 16.5. The molecule has 0 aromatic rings. The lowest BCUT2D eigenvalue weighted by Crippen LogP contribution is -2.21. The Morgan fingerprint density at radius 1 is 0.647 bits per heavy atom. The van der Waals surface area contributed by atoms with Crippen molar-refractivity contribution >= 4 is 11.9 Å². The van der Waals surface area contributed by atoms with Crippen LogP contribution in [0.5, 0.6) is 0 Å². The Labute approximate surface area is 211 Å². The third-order valence-corrected chi connectivity index (χ3v) is 6.52. The first-order valence-electron chi connectivity index (χ1n) is 14.6. The van der Waals surface area contributed by atoms with Gasteiger partial charge in [-0.2, -0.15) is 0 Å². The molecule has 0 aliphatic rings. The van der Waals surface area contributed by atoms with Crippen LogP contribution in [0.15, 0.2) is 12.2 Å². The summed E-state index contributed by atoms with van der Waals surface area (Å²) in [7, 11) is 0. The second-order valence-electron chi connectivity index (χ2n) is 9.96. The average molecular weight is 481 g/mol. The van der Waals surface area contributed by atoms with Gasteiger partial charge in [-0.05, 0) is 38.5 Å². The first-order valence-corrected chi connectivity index (χ1v) is 14.6. The van der Waals surface area contributed by atoms with Gasteiger partial charge in [-0.3, -0.25) is 9.59 Å². The molecule has 0 aromatic carbocycles. The van der Waals surface area contributed by atoms with Crippen molar-refractivity contribution in [3.05, 3.63) is 12.2 Å². The third-order valence-electron chi connectivity index (χ3n) is 6.52. The van der Waals surface area contributed by atoms with E-state index in [1.54, 1.807) is 0 Å². The number of hydrogen-bond acceptors (Lipinski definition) is 3. The molecular formula is C30H56O4. The average Bonchev–Trinajstić information content (AvgIpc) is 2.82. The van der Waals surface area contributed by atoms with Crippen molar-refractivity contribution in [2.45, 2.75) is 155 Å². The minimum atomic E-state index is -0.920. The predicted molar refractivity (Wildman–Crippen MR) is 144 cm³/mol. The molecule has 34 heavy (non-hydrogen) atoms. The largest absolute Gasteiger partial charge is 0.481 e. The van der Waals surface area contributed by atoms with Crippen molar-refractivity contribution in [2.24, 2.45) is 5.92 Å². The van der Waals surface area contributed by atoms with Gasteiger partial charge in [0.25, 0.3) is 0 Å². The van der Waals surface area contributed by atoms with E-state index in [-0.39, 0.29) is 12.4 Å². The molecule has 1 atom stereocenters. The topological polar surface area (TPSA) is 63.6 Å². The van der Waals surface area contributed by atoms with Gasteiger partial charge in [0.05, 0.1) is 18.9 Å². The van der Waals surface area contributed by atoms with Gasteiger partial charge in [-0.1, -0.05) is 122 Å². The molecule has 0 rings (SSSR count). The lowest BCUT2D eigenvalue weighted by atomic mass is 9.97. The summed E-state index contributed by atoms with van der Waals surface area (Å²) >= 11 is 0. The van der Waals surface area contributed by atoms with Crippen molar-refractivity contribution in [3.63, 3.8) is 0 Å². The van der Waals surface area contributed by atoms with Crippen LogP contribution in [0.25, 0.3) is 0 Å². The van der Waals surface area contributed by atoms with Crippen LogP contribution < -0.4 is 0 Å². The molecule has 0 fully saturated rings. The Kier molecular flexibility index (Phi) is 25.3. The Morgan fingerprint density at radius 2 is 1.09 bits per heavy atom. The van der Waals surface area contributed by atoms with Gasteiger partial charge in [0.2, 0.25) is 0 Å². The number of rotatable bonds is 26. The lowest BCUT2D eigenvalue weighted by Gasteiger charge is -2.13.